The molecule has 5 nitrogen and oxygen atoms in total. The van der Waals surface area contributed by atoms with E-state index < -0.39 is 4.92 Å². The molecule has 0 saturated carbocycles. The van der Waals surface area contributed by atoms with Crippen molar-refractivity contribution < 1.29 is 9.72 Å². The van der Waals surface area contributed by atoms with Crippen LogP contribution in [-0.2, 0) is 0 Å². The van der Waals surface area contributed by atoms with Crippen molar-refractivity contribution in [2.24, 2.45) is 0 Å². The van der Waals surface area contributed by atoms with E-state index in [1.54, 1.807) is 6.07 Å². The largest absolute Gasteiger partial charge is 0.335 e. The predicted molar refractivity (Wildman–Crippen MR) is 75.0 cm³/mol. The van der Waals surface area contributed by atoms with Gasteiger partial charge in [0.15, 0.2) is 0 Å². The lowest BCUT2D eigenvalue weighted by Crippen LogP contribution is -2.35. The van der Waals surface area contributed by atoms with Gasteiger partial charge in [0.05, 0.1) is 9.80 Å². The SMILES string of the molecule is O=C(c1ccc([N+](=O)[O-])s1)N1CCCC1CCCCl. The highest BCUT2D eigenvalue weighted by Gasteiger charge is 2.30. The minimum absolute atomic E-state index is 0.0138. The molecule has 19 heavy (non-hydrogen) atoms. The van der Waals surface area contributed by atoms with Crippen LogP contribution in [0.25, 0.3) is 0 Å². The van der Waals surface area contributed by atoms with Crippen molar-refractivity contribution in [3.8, 4) is 0 Å². The van der Waals surface area contributed by atoms with Crippen molar-refractivity contribution in [3.05, 3.63) is 27.1 Å². The number of nitro groups is 1. The fourth-order valence-corrected chi connectivity index (χ4v) is 3.33. The molecule has 0 spiro atoms. The molecule has 7 heteroatoms. The Morgan fingerprint density at radius 2 is 2.37 bits per heavy atom. The van der Waals surface area contributed by atoms with Gasteiger partial charge >= 0.3 is 5.00 Å². The number of amides is 1. The molecule has 2 heterocycles. The van der Waals surface area contributed by atoms with Crippen LogP contribution in [0.4, 0.5) is 5.00 Å². The summed E-state index contributed by atoms with van der Waals surface area (Å²) in [6, 6.07) is 3.16. The van der Waals surface area contributed by atoms with Crippen molar-refractivity contribution >= 4 is 33.8 Å². The Labute approximate surface area is 120 Å². The number of hydrogen-bond donors (Lipinski definition) is 0. The monoisotopic (exact) mass is 302 g/mol. The predicted octanol–water partition coefficient (Wildman–Crippen LogP) is 3.28. The highest BCUT2D eigenvalue weighted by molar-refractivity contribution is 7.17. The Kier molecular flexibility index (Phi) is 4.76. The first-order valence-corrected chi connectivity index (χ1v) is 7.59. The molecule has 1 fully saturated rings. The minimum Gasteiger partial charge on any atom is -0.335 e. The van der Waals surface area contributed by atoms with Crippen molar-refractivity contribution in [1.29, 1.82) is 0 Å². The first-order chi connectivity index (χ1) is 9.13. The standard InChI is InChI=1S/C12H15ClN2O3S/c13-7-1-3-9-4-2-8-14(9)12(16)10-5-6-11(19-10)15(17)18/h5-6,9H,1-4,7-8H2. The molecule has 1 aliphatic rings. The van der Waals surface area contributed by atoms with Crippen LogP contribution in [0, 0.1) is 10.1 Å². The van der Waals surface area contributed by atoms with Gasteiger partial charge in [0.25, 0.3) is 5.91 Å². The van der Waals surface area contributed by atoms with Crippen LogP contribution in [0.1, 0.15) is 35.4 Å². The second-order valence-electron chi connectivity index (χ2n) is 4.52. The molecular formula is C12H15ClN2O3S. The van der Waals surface area contributed by atoms with Crippen molar-refractivity contribution in [3.63, 3.8) is 0 Å². The van der Waals surface area contributed by atoms with Gasteiger partial charge in [-0.3, -0.25) is 14.9 Å². The number of carbonyl (C=O) groups is 1. The van der Waals surface area contributed by atoms with Crippen LogP contribution in [0.2, 0.25) is 0 Å². The molecule has 0 radical (unpaired) electrons. The summed E-state index contributed by atoms with van der Waals surface area (Å²) in [5.41, 5.74) is 0. The molecule has 1 amide bonds. The van der Waals surface area contributed by atoms with Crippen molar-refractivity contribution in [2.75, 3.05) is 12.4 Å². The number of hydrogen-bond acceptors (Lipinski definition) is 4. The lowest BCUT2D eigenvalue weighted by molar-refractivity contribution is -0.380. The number of rotatable bonds is 5. The van der Waals surface area contributed by atoms with Gasteiger partial charge in [-0.15, -0.1) is 11.6 Å². The average Bonchev–Trinajstić information content (AvgIpc) is 3.04. The molecule has 1 aliphatic heterocycles. The molecule has 2 rings (SSSR count). The van der Waals surface area contributed by atoms with Crippen LogP contribution in [0.3, 0.4) is 0 Å². The first-order valence-electron chi connectivity index (χ1n) is 6.24. The maximum Gasteiger partial charge on any atom is 0.324 e. The molecule has 0 N–H and O–H groups in total. The number of likely N-dealkylation sites (tertiary alicyclic amines) is 1. The maximum absolute atomic E-state index is 12.3. The topological polar surface area (TPSA) is 63.4 Å². The van der Waals surface area contributed by atoms with Crippen LogP contribution in [0.15, 0.2) is 12.1 Å². The Hall–Kier alpha value is -1.14. The van der Waals surface area contributed by atoms with E-state index in [-0.39, 0.29) is 17.0 Å². The van der Waals surface area contributed by atoms with Crippen LogP contribution < -0.4 is 0 Å². The summed E-state index contributed by atoms with van der Waals surface area (Å²) >= 11 is 6.63. The third-order valence-corrected chi connectivity index (χ3v) is 4.58. The van der Waals surface area contributed by atoms with E-state index in [2.05, 4.69) is 0 Å². The molecule has 104 valence electrons. The zero-order valence-corrected chi connectivity index (χ0v) is 12.0. The molecule has 1 aromatic heterocycles. The summed E-state index contributed by atoms with van der Waals surface area (Å²) in [6.07, 6.45) is 3.78. The summed E-state index contributed by atoms with van der Waals surface area (Å²) in [5, 5.41) is 10.7. The summed E-state index contributed by atoms with van der Waals surface area (Å²) in [7, 11) is 0. The molecule has 1 aromatic rings. The highest BCUT2D eigenvalue weighted by atomic mass is 35.5. The fourth-order valence-electron chi connectivity index (χ4n) is 2.40. The van der Waals surface area contributed by atoms with Gasteiger partial charge in [-0.1, -0.05) is 11.3 Å². The maximum atomic E-state index is 12.3. The number of halogens is 1. The third-order valence-electron chi connectivity index (χ3n) is 3.29. The van der Waals surface area contributed by atoms with Gasteiger partial charge in [-0.25, -0.2) is 0 Å². The van der Waals surface area contributed by atoms with Crippen LogP contribution in [0.5, 0.6) is 0 Å². The Morgan fingerprint density at radius 3 is 3.00 bits per heavy atom. The normalized spacial score (nSPS) is 18.8. The Balaban J connectivity index is 2.07. The molecular weight excluding hydrogens is 288 g/mol. The summed E-state index contributed by atoms with van der Waals surface area (Å²) in [6.45, 7) is 0.734. The van der Waals surface area contributed by atoms with Gasteiger partial charge in [0.1, 0.15) is 0 Å². The van der Waals surface area contributed by atoms with Gasteiger partial charge in [0.2, 0.25) is 0 Å². The Bertz CT molecular complexity index is 477. The number of thiophene rings is 1. The number of nitrogens with zero attached hydrogens (tertiary/aromatic N) is 2. The smallest absolute Gasteiger partial charge is 0.324 e. The lowest BCUT2D eigenvalue weighted by Gasteiger charge is -2.23. The van der Waals surface area contributed by atoms with Crippen LogP contribution in [-0.4, -0.2) is 34.2 Å². The number of alkyl halides is 1. The van der Waals surface area contributed by atoms with Gasteiger partial charge in [-0.05, 0) is 31.7 Å². The molecule has 0 aromatic carbocycles. The second kappa shape index (κ2) is 6.34. The molecule has 0 bridgehead atoms. The Morgan fingerprint density at radius 1 is 1.58 bits per heavy atom. The molecule has 1 unspecified atom stereocenters. The van der Waals surface area contributed by atoms with E-state index >= 15 is 0 Å². The minimum atomic E-state index is -0.462. The summed E-state index contributed by atoms with van der Waals surface area (Å²) in [4.78, 5) is 24.8. The summed E-state index contributed by atoms with van der Waals surface area (Å²) < 4.78 is 0. The van der Waals surface area contributed by atoms with E-state index in [9.17, 15) is 14.9 Å². The zero-order chi connectivity index (χ0) is 13.8. The van der Waals surface area contributed by atoms with E-state index in [0.717, 1.165) is 43.6 Å². The quantitative estimate of drug-likeness (QED) is 0.476. The van der Waals surface area contributed by atoms with E-state index in [4.69, 9.17) is 11.6 Å². The van der Waals surface area contributed by atoms with Crippen LogP contribution >= 0.6 is 22.9 Å². The van der Waals surface area contributed by atoms with E-state index in [0.29, 0.717) is 10.8 Å². The van der Waals surface area contributed by atoms with Gasteiger partial charge in [-0.2, -0.15) is 0 Å². The average molecular weight is 303 g/mol. The third kappa shape index (κ3) is 3.25. The molecule has 1 atom stereocenters. The van der Waals surface area contributed by atoms with E-state index in [1.165, 1.54) is 6.07 Å². The lowest BCUT2D eigenvalue weighted by atomic mass is 10.1. The van der Waals surface area contributed by atoms with Gasteiger partial charge < -0.3 is 4.90 Å². The van der Waals surface area contributed by atoms with E-state index in [1.807, 2.05) is 4.90 Å². The summed E-state index contributed by atoms with van der Waals surface area (Å²) in [5.74, 6) is 0.512. The first kappa shape index (κ1) is 14.3. The number of carbonyl (C=O) groups excluding carboxylic acids is 1. The van der Waals surface area contributed by atoms with Gasteiger partial charge in [0, 0.05) is 24.5 Å². The fraction of sp³-hybridized carbons (Fsp3) is 0.583. The molecule has 0 aliphatic carbocycles. The van der Waals surface area contributed by atoms with Crippen molar-refractivity contribution in [1.82, 2.24) is 4.90 Å². The highest BCUT2D eigenvalue weighted by Crippen LogP contribution is 2.29. The molecule has 1 saturated heterocycles. The second-order valence-corrected chi connectivity index (χ2v) is 5.96. The zero-order valence-electron chi connectivity index (χ0n) is 10.4. The van der Waals surface area contributed by atoms with Crippen molar-refractivity contribution in [2.45, 2.75) is 31.7 Å².